The number of carbonyl (C=O) groups excluding carboxylic acids is 1. The second-order valence-electron chi connectivity index (χ2n) is 4.16. The van der Waals surface area contributed by atoms with E-state index in [1.165, 1.54) is 5.01 Å². The van der Waals surface area contributed by atoms with E-state index in [0.29, 0.717) is 31.9 Å². The summed E-state index contributed by atoms with van der Waals surface area (Å²) in [5.74, 6) is 6.20. The first kappa shape index (κ1) is 12.6. The van der Waals surface area contributed by atoms with Crippen LogP contribution >= 0.6 is 0 Å². The smallest absolute Gasteiger partial charge is 0.410 e. The number of nitrogens with two attached hydrogens (primary N) is 1. The fourth-order valence-electron chi connectivity index (χ4n) is 1.86. The summed E-state index contributed by atoms with van der Waals surface area (Å²) in [6.45, 7) is 3.28. The maximum absolute atomic E-state index is 11.7. The van der Waals surface area contributed by atoms with Crippen LogP contribution in [0, 0.1) is 0 Å². The molecule has 7 heteroatoms. The molecule has 1 amide bonds. The number of aromatic nitrogens is 2. The lowest BCUT2D eigenvalue weighted by Gasteiger charge is -2.27. The Morgan fingerprint density at radius 3 is 3.06 bits per heavy atom. The number of rotatable bonds is 2. The highest BCUT2D eigenvalue weighted by Gasteiger charge is 2.23. The maximum atomic E-state index is 11.7. The van der Waals surface area contributed by atoms with Crippen molar-refractivity contribution in [1.29, 1.82) is 0 Å². The first-order valence-corrected chi connectivity index (χ1v) is 5.87. The molecule has 0 saturated carbocycles. The monoisotopic (exact) mass is 251 g/mol. The van der Waals surface area contributed by atoms with Crippen molar-refractivity contribution in [3.8, 4) is 0 Å². The number of hydrogen-bond donors (Lipinski definition) is 1. The summed E-state index contributed by atoms with van der Waals surface area (Å²) >= 11 is 0. The van der Waals surface area contributed by atoms with E-state index in [-0.39, 0.29) is 6.09 Å². The van der Waals surface area contributed by atoms with Crippen molar-refractivity contribution in [3.05, 3.63) is 17.3 Å². The zero-order valence-corrected chi connectivity index (χ0v) is 10.6. The van der Waals surface area contributed by atoms with E-state index in [1.54, 1.807) is 18.9 Å². The minimum Gasteiger partial charge on any atom is -0.450 e. The van der Waals surface area contributed by atoms with Gasteiger partial charge in [0.25, 0.3) is 0 Å². The van der Waals surface area contributed by atoms with Crippen LogP contribution in [0.25, 0.3) is 0 Å². The van der Waals surface area contributed by atoms with Crippen molar-refractivity contribution in [3.63, 3.8) is 0 Å². The zero-order chi connectivity index (χ0) is 13.1. The van der Waals surface area contributed by atoms with Gasteiger partial charge in [0.05, 0.1) is 18.8 Å². The minimum absolute atomic E-state index is 0.289. The molecule has 0 aromatic carbocycles. The second kappa shape index (κ2) is 5.18. The number of amides is 1. The van der Waals surface area contributed by atoms with Gasteiger partial charge in [-0.15, -0.1) is 5.10 Å². The summed E-state index contributed by atoms with van der Waals surface area (Å²) in [6, 6.07) is 1.85. The highest BCUT2D eigenvalue weighted by molar-refractivity contribution is 5.68. The molecule has 1 aromatic heterocycles. The highest BCUT2D eigenvalue weighted by atomic mass is 16.6. The van der Waals surface area contributed by atoms with Gasteiger partial charge in [-0.05, 0) is 18.6 Å². The zero-order valence-electron chi connectivity index (χ0n) is 10.6. The van der Waals surface area contributed by atoms with Crippen molar-refractivity contribution < 1.29 is 9.53 Å². The molecule has 2 heterocycles. The number of hydrogen-bond acceptors (Lipinski definition) is 6. The molecule has 0 bridgehead atoms. The molecule has 2 N–H and O–H groups in total. The summed E-state index contributed by atoms with van der Waals surface area (Å²) in [5.41, 5.74) is 1.89. The number of nitrogens with zero attached hydrogens (tertiary/aromatic N) is 4. The van der Waals surface area contributed by atoms with Gasteiger partial charge in [-0.1, -0.05) is 0 Å². The van der Waals surface area contributed by atoms with Gasteiger partial charge in [0.15, 0.2) is 5.82 Å². The van der Waals surface area contributed by atoms with Crippen LogP contribution in [0.2, 0.25) is 0 Å². The van der Waals surface area contributed by atoms with Crippen molar-refractivity contribution in [2.75, 3.05) is 25.2 Å². The van der Waals surface area contributed by atoms with E-state index >= 15 is 0 Å². The van der Waals surface area contributed by atoms with E-state index in [4.69, 9.17) is 10.6 Å². The first-order valence-electron chi connectivity index (χ1n) is 5.87. The Morgan fingerprint density at radius 1 is 1.61 bits per heavy atom. The molecular weight excluding hydrogens is 234 g/mol. The highest BCUT2D eigenvalue weighted by Crippen LogP contribution is 2.19. The third-order valence-electron chi connectivity index (χ3n) is 2.81. The van der Waals surface area contributed by atoms with Gasteiger partial charge in [-0.25, -0.2) is 10.6 Å². The van der Waals surface area contributed by atoms with Gasteiger partial charge in [-0.2, -0.15) is 5.10 Å². The molecule has 0 unspecified atom stereocenters. The van der Waals surface area contributed by atoms with E-state index in [9.17, 15) is 4.79 Å². The van der Waals surface area contributed by atoms with Crippen molar-refractivity contribution in [2.24, 2.45) is 5.84 Å². The molecule has 98 valence electrons. The maximum Gasteiger partial charge on any atom is 0.410 e. The Bertz CT molecular complexity index is 449. The van der Waals surface area contributed by atoms with Crippen LogP contribution in [-0.4, -0.2) is 41.4 Å². The minimum atomic E-state index is -0.289. The Morgan fingerprint density at radius 2 is 2.39 bits per heavy atom. The molecule has 7 nitrogen and oxygen atoms in total. The van der Waals surface area contributed by atoms with E-state index in [0.717, 1.165) is 11.3 Å². The van der Waals surface area contributed by atoms with Gasteiger partial charge in [0, 0.05) is 20.0 Å². The number of fused-ring (bicyclic) bond motifs is 1. The third-order valence-corrected chi connectivity index (χ3v) is 2.81. The Kier molecular flexibility index (Phi) is 3.61. The van der Waals surface area contributed by atoms with Gasteiger partial charge in [0.1, 0.15) is 0 Å². The summed E-state index contributed by atoms with van der Waals surface area (Å²) in [4.78, 5) is 13.3. The largest absolute Gasteiger partial charge is 0.450 e. The predicted molar refractivity (Wildman–Crippen MR) is 65.8 cm³/mol. The quantitative estimate of drug-likeness (QED) is 0.601. The van der Waals surface area contributed by atoms with Gasteiger partial charge < -0.3 is 9.64 Å². The third kappa shape index (κ3) is 2.51. The lowest BCUT2D eigenvalue weighted by atomic mass is 10.1. The van der Waals surface area contributed by atoms with Crippen molar-refractivity contribution in [2.45, 2.75) is 19.9 Å². The van der Waals surface area contributed by atoms with Crippen LogP contribution in [0.3, 0.4) is 0 Å². The van der Waals surface area contributed by atoms with Gasteiger partial charge in [0.2, 0.25) is 0 Å². The molecule has 0 spiro atoms. The summed E-state index contributed by atoms with van der Waals surface area (Å²) in [7, 11) is 1.70. The lowest BCUT2D eigenvalue weighted by Crippen LogP contribution is -2.37. The lowest BCUT2D eigenvalue weighted by molar-refractivity contribution is 0.102. The second-order valence-corrected chi connectivity index (χ2v) is 4.16. The van der Waals surface area contributed by atoms with E-state index in [2.05, 4.69) is 10.2 Å². The molecule has 1 aliphatic heterocycles. The van der Waals surface area contributed by atoms with Crippen LogP contribution in [0.1, 0.15) is 18.2 Å². The normalized spacial score (nSPS) is 14.1. The van der Waals surface area contributed by atoms with Crippen LogP contribution in [0.5, 0.6) is 0 Å². The SMILES string of the molecule is CCOC(=O)N1CCc2nnc(N(C)N)cc2C1. The molecular formula is C11H17N5O2. The molecule has 0 radical (unpaired) electrons. The number of anilines is 1. The average molecular weight is 251 g/mol. The number of hydrazine groups is 1. The summed E-state index contributed by atoms with van der Waals surface area (Å²) in [5, 5.41) is 9.54. The molecule has 0 aliphatic carbocycles. The van der Waals surface area contributed by atoms with Gasteiger partial charge in [-0.3, -0.25) is 5.01 Å². The molecule has 0 saturated heterocycles. The number of carbonyl (C=O) groups is 1. The fourth-order valence-corrected chi connectivity index (χ4v) is 1.86. The van der Waals surface area contributed by atoms with E-state index < -0.39 is 0 Å². The molecule has 18 heavy (non-hydrogen) atoms. The molecule has 0 atom stereocenters. The molecule has 0 fully saturated rings. The van der Waals surface area contributed by atoms with Crippen LogP contribution in [0.4, 0.5) is 10.6 Å². The Hall–Kier alpha value is -1.89. The molecule has 2 rings (SSSR count). The fraction of sp³-hybridized carbons (Fsp3) is 0.545. The molecule has 1 aliphatic rings. The topological polar surface area (TPSA) is 84.6 Å². The van der Waals surface area contributed by atoms with Crippen LogP contribution in [-0.2, 0) is 17.7 Å². The standard InChI is InChI=1S/C11H17N5O2/c1-3-18-11(17)16-5-4-9-8(7-16)6-10(14-13-9)15(2)12/h6H,3-5,7,12H2,1-2H3. The van der Waals surface area contributed by atoms with Gasteiger partial charge >= 0.3 is 6.09 Å². The summed E-state index contributed by atoms with van der Waals surface area (Å²) < 4.78 is 4.99. The van der Waals surface area contributed by atoms with Crippen molar-refractivity contribution >= 4 is 11.9 Å². The molecule has 1 aromatic rings. The van der Waals surface area contributed by atoms with Crippen LogP contribution < -0.4 is 10.9 Å². The Balaban J connectivity index is 2.16. The first-order chi connectivity index (χ1) is 8.61. The van der Waals surface area contributed by atoms with E-state index in [1.807, 2.05) is 6.07 Å². The average Bonchev–Trinajstić information content (AvgIpc) is 2.37. The summed E-state index contributed by atoms with van der Waals surface area (Å²) in [6.07, 6.45) is 0.401. The van der Waals surface area contributed by atoms with Crippen LogP contribution in [0.15, 0.2) is 6.07 Å². The Labute approximate surface area is 105 Å². The number of ether oxygens (including phenoxy) is 1. The van der Waals surface area contributed by atoms with Crippen molar-refractivity contribution in [1.82, 2.24) is 15.1 Å². The predicted octanol–water partition coefficient (Wildman–Crippen LogP) is 0.301.